The van der Waals surface area contributed by atoms with Crippen LogP contribution < -0.4 is 0 Å². The van der Waals surface area contributed by atoms with Crippen molar-refractivity contribution in [2.45, 2.75) is 46.0 Å². The van der Waals surface area contributed by atoms with Gasteiger partial charge in [0.1, 0.15) is 0 Å². The van der Waals surface area contributed by atoms with Crippen LogP contribution in [0.2, 0.25) is 0 Å². The van der Waals surface area contributed by atoms with E-state index >= 15 is 0 Å². The van der Waals surface area contributed by atoms with E-state index < -0.39 is 0 Å². The molecule has 0 aliphatic heterocycles. The van der Waals surface area contributed by atoms with E-state index in [0.717, 1.165) is 17.9 Å². The Morgan fingerprint density at radius 2 is 1.82 bits per heavy atom. The highest BCUT2D eigenvalue weighted by molar-refractivity contribution is 6.67. The van der Waals surface area contributed by atoms with E-state index in [0.29, 0.717) is 11.5 Å². The highest BCUT2D eigenvalue weighted by Crippen LogP contribution is 2.26. The van der Waals surface area contributed by atoms with E-state index in [2.05, 4.69) is 20.8 Å². The average molecular weight is 253 g/mol. The van der Waals surface area contributed by atoms with Crippen molar-refractivity contribution in [3.8, 4) is 0 Å². The Labute approximate surface area is 109 Å². The summed E-state index contributed by atoms with van der Waals surface area (Å²) in [6.45, 7) is 6.64. The van der Waals surface area contributed by atoms with Crippen LogP contribution in [0.15, 0.2) is 24.3 Å². The van der Waals surface area contributed by atoms with Crippen molar-refractivity contribution in [3.05, 3.63) is 35.4 Å². The molecule has 1 rings (SSSR count). The molecule has 1 aromatic carbocycles. The molecule has 0 N–H and O–H groups in total. The number of carbonyl (C=O) groups excluding carboxylic acids is 1. The third kappa shape index (κ3) is 4.51. The van der Waals surface area contributed by atoms with Gasteiger partial charge in [-0.15, -0.1) is 0 Å². The van der Waals surface area contributed by atoms with Crippen LogP contribution in [-0.4, -0.2) is 5.24 Å². The lowest BCUT2D eigenvalue weighted by Crippen LogP contribution is -2.02. The minimum absolute atomic E-state index is 0.351. The van der Waals surface area contributed by atoms with Gasteiger partial charge in [-0.05, 0) is 41.5 Å². The topological polar surface area (TPSA) is 17.1 Å². The predicted molar refractivity (Wildman–Crippen MR) is 73.7 cm³/mol. The van der Waals surface area contributed by atoms with Gasteiger partial charge < -0.3 is 0 Å². The summed E-state index contributed by atoms with van der Waals surface area (Å²) >= 11 is 5.60. The molecule has 2 heteroatoms. The summed E-state index contributed by atoms with van der Waals surface area (Å²) in [6, 6.07) is 7.65. The highest BCUT2D eigenvalue weighted by atomic mass is 35.5. The number of rotatable bonds is 6. The lowest BCUT2D eigenvalue weighted by Gasteiger charge is -2.15. The van der Waals surface area contributed by atoms with Crippen LogP contribution in [0.1, 0.15) is 61.9 Å². The lowest BCUT2D eigenvalue weighted by molar-refractivity contribution is 0.108. The van der Waals surface area contributed by atoms with E-state index in [-0.39, 0.29) is 5.24 Å². The number of benzene rings is 1. The van der Waals surface area contributed by atoms with Gasteiger partial charge in [0.05, 0.1) is 0 Å². The fourth-order valence-electron chi connectivity index (χ4n) is 2.09. The summed E-state index contributed by atoms with van der Waals surface area (Å²) in [5.74, 6) is 1.14. The molecule has 0 fully saturated rings. The molecule has 0 bridgehead atoms. The molecule has 17 heavy (non-hydrogen) atoms. The molecule has 0 aliphatic rings. The Morgan fingerprint density at radius 1 is 1.18 bits per heavy atom. The van der Waals surface area contributed by atoms with Gasteiger partial charge in [0.25, 0.3) is 5.24 Å². The van der Waals surface area contributed by atoms with Crippen molar-refractivity contribution in [1.82, 2.24) is 0 Å². The number of halogens is 1. The molecule has 0 heterocycles. The number of carbonyl (C=O) groups is 1. The summed E-state index contributed by atoms with van der Waals surface area (Å²) in [7, 11) is 0. The molecule has 0 spiro atoms. The summed E-state index contributed by atoms with van der Waals surface area (Å²) in [6.07, 6.45) is 3.55. The van der Waals surface area contributed by atoms with Gasteiger partial charge in [-0.25, -0.2) is 0 Å². The Morgan fingerprint density at radius 3 is 2.41 bits per heavy atom. The van der Waals surface area contributed by atoms with Crippen molar-refractivity contribution < 1.29 is 4.79 Å². The molecule has 0 aromatic heterocycles. The zero-order valence-corrected chi connectivity index (χ0v) is 11.6. The lowest BCUT2D eigenvalue weighted by atomic mass is 9.91. The van der Waals surface area contributed by atoms with Crippen LogP contribution in [0.4, 0.5) is 0 Å². The van der Waals surface area contributed by atoms with Crippen LogP contribution in [0, 0.1) is 5.92 Å². The Balaban J connectivity index is 2.68. The van der Waals surface area contributed by atoms with Crippen molar-refractivity contribution >= 4 is 16.8 Å². The summed E-state index contributed by atoms with van der Waals surface area (Å²) < 4.78 is 0. The van der Waals surface area contributed by atoms with Crippen LogP contribution in [-0.2, 0) is 0 Å². The van der Waals surface area contributed by atoms with Crippen LogP contribution >= 0.6 is 11.6 Å². The SMILES string of the molecule is CC(C)CCCC(C)c1ccccc1C(=O)Cl. The van der Waals surface area contributed by atoms with Crippen LogP contribution in [0.3, 0.4) is 0 Å². The van der Waals surface area contributed by atoms with Gasteiger partial charge in [0.2, 0.25) is 0 Å². The maximum atomic E-state index is 11.3. The first-order valence-electron chi connectivity index (χ1n) is 6.31. The van der Waals surface area contributed by atoms with Gasteiger partial charge in [-0.1, -0.05) is 51.8 Å². The zero-order chi connectivity index (χ0) is 12.8. The molecule has 1 unspecified atom stereocenters. The number of hydrogen-bond acceptors (Lipinski definition) is 1. The molecular weight excluding hydrogens is 232 g/mol. The molecule has 0 aliphatic carbocycles. The monoisotopic (exact) mass is 252 g/mol. The first kappa shape index (κ1) is 14.2. The standard InChI is InChI=1S/C15H21ClO/c1-11(2)7-6-8-12(3)13-9-4-5-10-14(13)15(16)17/h4-5,9-12H,6-8H2,1-3H3. The van der Waals surface area contributed by atoms with Gasteiger partial charge >= 0.3 is 0 Å². The Bertz CT molecular complexity index is 371. The predicted octanol–water partition coefficient (Wildman–Crippen LogP) is 5.00. The molecule has 0 saturated heterocycles. The maximum Gasteiger partial charge on any atom is 0.252 e. The van der Waals surface area contributed by atoms with Crippen LogP contribution in [0.5, 0.6) is 0 Å². The third-order valence-electron chi connectivity index (χ3n) is 3.12. The van der Waals surface area contributed by atoms with Crippen molar-refractivity contribution in [2.24, 2.45) is 5.92 Å². The fourth-order valence-corrected chi connectivity index (χ4v) is 2.27. The summed E-state index contributed by atoms with van der Waals surface area (Å²) in [5, 5.41) is -0.351. The van der Waals surface area contributed by atoms with Crippen molar-refractivity contribution in [2.75, 3.05) is 0 Å². The quantitative estimate of drug-likeness (QED) is 0.652. The second-order valence-corrected chi connectivity index (χ2v) is 5.43. The Kier molecular flexibility index (Phi) is 5.70. The third-order valence-corrected chi connectivity index (χ3v) is 3.33. The fraction of sp³-hybridized carbons (Fsp3) is 0.533. The molecular formula is C15H21ClO. The normalized spacial score (nSPS) is 12.8. The molecule has 94 valence electrons. The molecule has 1 aromatic rings. The van der Waals surface area contributed by atoms with E-state index in [1.165, 1.54) is 12.8 Å². The first-order valence-corrected chi connectivity index (χ1v) is 6.69. The van der Waals surface area contributed by atoms with Gasteiger partial charge in [0.15, 0.2) is 0 Å². The second-order valence-electron chi connectivity index (χ2n) is 5.09. The smallest absolute Gasteiger partial charge is 0.252 e. The minimum Gasteiger partial charge on any atom is -0.276 e. The first-order chi connectivity index (χ1) is 8.02. The largest absolute Gasteiger partial charge is 0.276 e. The van der Waals surface area contributed by atoms with Crippen molar-refractivity contribution in [3.63, 3.8) is 0 Å². The second kappa shape index (κ2) is 6.80. The Hall–Kier alpha value is -0.820. The average Bonchev–Trinajstić information content (AvgIpc) is 2.28. The van der Waals surface area contributed by atoms with Gasteiger partial charge in [0, 0.05) is 5.56 Å². The van der Waals surface area contributed by atoms with Crippen LogP contribution in [0.25, 0.3) is 0 Å². The number of hydrogen-bond donors (Lipinski definition) is 0. The maximum absolute atomic E-state index is 11.3. The molecule has 1 atom stereocenters. The summed E-state index contributed by atoms with van der Waals surface area (Å²) in [5.41, 5.74) is 1.74. The highest BCUT2D eigenvalue weighted by Gasteiger charge is 2.13. The molecule has 0 amide bonds. The minimum atomic E-state index is -0.351. The molecule has 0 radical (unpaired) electrons. The van der Waals surface area contributed by atoms with E-state index in [4.69, 9.17) is 11.6 Å². The van der Waals surface area contributed by atoms with E-state index in [1.807, 2.05) is 24.3 Å². The van der Waals surface area contributed by atoms with Crippen molar-refractivity contribution in [1.29, 1.82) is 0 Å². The van der Waals surface area contributed by atoms with E-state index in [9.17, 15) is 4.79 Å². The molecule has 1 nitrogen and oxygen atoms in total. The zero-order valence-electron chi connectivity index (χ0n) is 10.9. The van der Waals surface area contributed by atoms with Gasteiger partial charge in [-0.2, -0.15) is 0 Å². The van der Waals surface area contributed by atoms with Gasteiger partial charge in [-0.3, -0.25) is 4.79 Å². The summed E-state index contributed by atoms with van der Waals surface area (Å²) in [4.78, 5) is 11.3. The van der Waals surface area contributed by atoms with E-state index in [1.54, 1.807) is 0 Å². The molecule has 0 saturated carbocycles.